The lowest BCUT2D eigenvalue weighted by atomic mass is 9.84. The van der Waals surface area contributed by atoms with Gasteiger partial charge in [0.25, 0.3) is 5.91 Å². The highest BCUT2D eigenvalue weighted by molar-refractivity contribution is 6.10. The van der Waals surface area contributed by atoms with E-state index in [9.17, 15) is 23.6 Å². The van der Waals surface area contributed by atoms with Crippen LogP contribution in [0, 0.1) is 5.82 Å². The van der Waals surface area contributed by atoms with Crippen LogP contribution in [0.1, 0.15) is 36.5 Å². The first-order chi connectivity index (χ1) is 17.7. The van der Waals surface area contributed by atoms with Crippen LogP contribution in [-0.4, -0.2) is 59.9 Å². The number of hydrogen-bond acceptors (Lipinski definition) is 5. The summed E-state index contributed by atoms with van der Waals surface area (Å²) in [6.45, 7) is 1.95. The molecule has 1 spiro atoms. The number of hydrogen-bond donors (Lipinski definition) is 3. The Balaban J connectivity index is 1.37. The van der Waals surface area contributed by atoms with Crippen molar-refractivity contribution in [1.82, 2.24) is 20.4 Å². The molecule has 3 heterocycles. The molecule has 5 rings (SSSR count). The standard InChI is InChI=1S/C26H28FN5O5/c1-15-3-4-16-11-18(27)6-5-17(16)13-31(15)22(33)14-32-23(34)26(30-25(32)36)9-10-37-21-12-19(7-8-20(21)26)29-24(35)28-2/h5-8,11-12,15H,3-4,9-10,13-14H2,1-2H3,(H,30,36)(H2,28,29,35)/t15-,26-/m1/s1. The van der Waals surface area contributed by atoms with Crippen LogP contribution in [0.4, 0.5) is 19.7 Å². The molecule has 0 unspecified atom stereocenters. The van der Waals surface area contributed by atoms with Gasteiger partial charge in [-0.3, -0.25) is 14.5 Å². The quantitative estimate of drug-likeness (QED) is 0.549. The summed E-state index contributed by atoms with van der Waals surface area (Å²) in [6, 6.07) is 8.20. The highest BCUT2D eigenvalue weighted by atomic mass is 19.1. The number of carbonyl (C=O) groups is 4. The lowest BCUT2D eigenvalue weighted by Crippen LogP contribution is -2.49. The Morgan fingerprint density at radius 2 is 2.00 bits per heavy atom. The fourth-order valence-electron chi connectivity index (χ4n) is 5.24. The van der Waals surface area contributed by atoms with Gasteiger partial charge >= 0.3 is 12.1 Å². The highest BCUT2D eigenvalue weighted by Crippen LogP contribution is 2.42. The molecular formula is C26H28FN5O5. The molecule has 6 amide bonds. The minimum atomic E-state index is -1.36. The van der Waals surface area contributed by atoms with E-state index >= 15 is 0 Å². The van der Waals surface area contributed by atoms with Gasteiger partial charge < -0.3 is 25.6 Å². The van der Waals surface area contributed by atoms with Gasteiger partial charge in [0, 0.05) is 43.4 Å². The molecule has 0 aliphatic carbocycles. The van der Waals surface area contributed by atoms with E-state index < -0.39 is 30.1 Å². The van der Waals surface area contributed by atoms with Gasteiger partial charge in [0.15, 0.2) is 5.54 Å². The summed E-state index contributed by atoms with van der Waals surface area (Å²) in [4.78, 5) is 54.3. The fraction of sp³-hybridized carbons (Fsp3) is 0.385. The maximum atomic E-state index is 13.7. The van der Waals surface area contributed by atoms with Gasteiger partial charge in [-0.2, -0.15) is 0 Å². The van der Waals surface area contributed by atoms with Gasteiger partial charge in [0.2, 0.25) is 5.91 Å². The first-order valence-electron chi connectivity index (χ1n) is 12.2. The number of aryl methyl sites for hydroxylation is 1. The summed E-state index contributed by atoms with van der Waals surface area (Å²) in [5, 5.41) is 7.90. The minimum Gasteiger partial charge on any atom is -0.493 e. The van der Waals surface area contributed by atoms with Crippen LogP contribution in [0.3, 0.4) is 0 Å². The zero-order valence-corrected chi connectivity index (χ0v) is 20.6. The third kappa shape index (κ3) is 4.34. The molecule has 37 heavy (non-hydrogen) atoms. The summed E-state index contributed by atoms with van der Waals surface area (Å²) < 4.78 is 19.4. The normalized spacial score (nSPS) is 22.5. The Morgan fingerprint density at radius 1 is 1.19 bits per heavy atom. The predicted octanol–water partition coefficient (Wildman–Crippen LogP) is 2.47. The van der Waals surface area contributed by atoms with Crippen molar-refractivity contribution in [2.24, 2.45) is 0 Å². The van der Waals surface area contributed by atoms with Crippen molar-refractivity contribution in [2.75, 3.05) is 25.5 Å². The van der Waals surface area contributed by atoms with Crippen molar-refractivity contribution >= 4 is 29.6 Å². The summed E-state index contributed by atoms with van der Waals surface area (Å²) in [5.41, 5.74) is 1.29. The molecule has 1 fully saturated rings. The second kappa shape index (κ2) is 9.38. The smallest absolute Gasteiger partial charge is 0.325 e. The molecule has 0 aromatic heterocycles. The van der Waals surface area contributed by atoms with E-state index in [1.54, 1.807) is 29.2 Å². The van der Waals surface area contributed by atoms with Gasteiger partial charge in [-0.05, 0) is 49.1 Å². The van der Waals surface area contributed by atoms with E-state index in [1.807, 2.05) is 6.92 Å². The van der Waals surface area contributed by atoms with Gasteiger partial charge in [0.05, 0.1) is 6.61 Å². The topological polar surface area (TPSA) is 120 Å². The van der Waals surface area contributed by atoms with Crippen molar-refractivity contribution in [2.45, 2.75) is 44.3 Å². The number of urea groups is 2. The number of nitrogens with zero attached hydrogens (tertiary/aromatic N) is 2. The van der Waals surface area contributed by atoms with Gasteiger partial charge in [-0.15, -0.1) is 0 Å². The van der Waals surface area contributed by atoms with Crippen LogP contribution in [0.2, 0.25) is 0 Å². The zero-order valence-electron chi connectivity index (χ0n) is 20.6. The van der Waals surface area contributed by atoms with E-state index in [4.69, 9.17) is 4.74 Å². The molecule has 3 aliphatic rings. The molecular weight excluding hydrogens is 481 g/mol. The van der Waals surface area contributed by atoms with Crippen LogP contribution in [0.25, 0.3) is 0 Å². The molecule has 2 aromatic carbocycles. The van der Waals surface area contributed by atoms with Crippen molar-refractivity contribution in [1.29, 1.82) is 0 Å². The Kier molecular flexibility index (Phi) is 6.22. The summed E-state index contributed by atoms with van der Waals surface area (Å²) >= 11 is 0. The van der Waals surface area contributed by atoms with Crippen LogP contribution >= 0.6 is 0 Å². The third-order valence-electron chi connectivity index (χ3n) is 7.32. The average Bonchev–Trinajstić information content (AvgIpc) is 3.00. The van der Waals surface area contributed by atoms with Crippen molar-refractivity contribution in [3.63, 3.8) is 0 Å². The molecule has 194 valence electrons. The van der Waals surface area contributed by atoms with Crippen LogP contribution < -0.4 is 20.7 Å². The first-order valence-corrected chi connectivity index (χ1v) is 12.2. The van der Waals surface area contributed by atoms with E-state index in [0.29, 0.717) is 29.8 Å². The van der Waals surface area contributed by atoms with Crippen molar-refractivity contribution in [3.8, 4) is 5.75 Å². The van der Waals surface area contributed by atoms with Gasteiger partial charge in [-0.1, -0.05) is 12.1 Å². The monoisotopic (exact) mass is 509 g/mol. The van der Waals surface area contributed by atoms with Crippen molar-refractivity contribution in [3.05, 3.63) is 58.9 Å². The molecule has 0 radical (unpaired) electrons. The number of amides is 6. The molecule has 0 bridgehead atoms. The molecule has 1 saturated heterocycles. The molecule has 2 atom stereocenters. The minimum absolute atomic E-state index is 0.146. The molecule has 3 aliphatic heterocycles. The van der Waals surface area contributed by atoms with Gasteiger partial charge in [0.1, 0.15) is 18.1 Å². The largest absolute Gasteiger partial charge is 0.493 e. The number of halogens is 1. The van der Waals surface area contributed by atoms with Crippen molar-refractivity contribution < 1.29 is 28.3 Å². The number of fused-ring (bicyclic) bond motifs is 3. The number of imide groups is 1. The maximum Gasteiger partial charge on any atom is 0.325 e. The van der Waals surface area contributed by atoms with Crippen LogP contribution in [-0.2, 0) is 28.1 Å². The predicted molar refractivity (Wildman–Crippen MR) is 131 cm³/mol. The second-order valence-corrected chi connectivity index (χ2v) is 9.56. The number of carbonyl (C=O) groups excluding carboxylic acids is 4. The Morgan fingerprint density at radius 3 is 2.78 bits per heavy atom. The summed E-state index contributed by atoms with van der Waals surface area (Å²) in [6.07, 6.45) is 1.48. The number of anilines is 1. The number of nitrogens with one attached hydrogen (secondary N) is 3. The highest BCUT2D eigenvalue weighted by Gasteiger charge is 2.55. The molecule has 11 heteroatoms. The Bertz CT molecular complexity index is 1300. The lowest BCUT2D eigenvalue weighted by molar-refractivity contribution is -0.141. The second-order valence-electron chi connectivity index (χ2n) is 9.56. The summed E-state index contributed by atoms with van der Waals surface area (Å²) in [7, 11) is 1.49. The molecule has 3 N–H and O–H groups in total. The van der Waals surface area contributed by atoms with Crippen LogP contribution in [0.5, 0.6) is 5.75 Å². The fourth-order valence-corrected chi connectivity index (χ4v) is 5.24. The van der Waals surface area contributed by atoms with E-state index in [1.165, 1.54) is 19.2 Å². The SMILES string of the molecule is CNC(=O)Nc1ccc2c(c1)OCC[C@@]21NC(=O)N(CC(=O)N2Cc3ccc(F)cc3CC[C@H]2C)C1=O. The first kappa shape index (κ1) is 24.5. The van der Waals surface area contributed by atoms with E-state index in [-0.39, 0.29) is 37.3 Å². The van der Waals surface area contributed by atoms with E-state index in [0.717, 1.165) is 16.0 Å². The Labute approximate surface area is 213 Å². The maximum absolute atomic E-state index is 13.7. The lowest BCUT2D eigenvalue weighted by Gasteiger charge is -2.33. The van der Waals surface area contributed by atoms with Gasteiger partial charge in [-0.25, -0.2) is 14.0 Å². The third-order valence-corrected chi connectivity index (χ3v) is 7.32. The molecule has 0 saturated carbocycles. The molecule has 10 nitrogen and oxygen atoms in total. The average molecular weight is 510 g/mol. The Hall–Kier alpha value is -4.15. The zero-order chi connectivity index (χ0) is 26.3. The number of ether oxygens (including phenoxy) is 1. The summed E-state index contributed by atoms with van der Waals surface area (Å²) in [5.74, 6) is -0.828. The number of benzene rings is 2. The number of rotatable bonds is 3. The van der Waals surface area contributed by atoms with Crippen LogP contribution in [0.15, 0.2) is 36.4 Å². The molecule has 2 aromatic rings. The van der Waals surface area contributed by atoms with E-state index in [2.05, 4.69) is 16.0 Å².